The molecule has 2 aromatic carbocycles. The molecule has 23 heavy (non-hydrogen) atoms. The minimum absolute atomic E-state index is 0.172. The van der Waals surface area contributed by atoms with E-state index in [9.17, 15) is 9.59 Å². The van der Waals surface area contributed by atoms with E-state index < -0.39 is 5.76 Å². The summed E-state index contributed by atoms with van der Waals surface area (Å²) in [7, 11) is 0. The summed E-state index contributed by atoms with van der Waals surface area (Å²) >= 11 is 0. The number of carbonyl (C=O) groups is 1. The first kappa shape index (κ1) is 13.4. The van der Waals surface area contributed by atoms with Crippen molar-refractivity contribution in [1.82, 2.24) is 4.98 Å². The van der Waals surface area contributed by atoms with E-state index in [-0.39, 0.29) is 19.1 Å². The van der Waals surface area contributed by atoms with Gasteiger partial charge in [0, 0.05) is 11.8 Å². The second-order valence-electron chi connectivity index (χ2n) is 5.14. The maximum Gasteiger partial charge on any atom is 0.417 e. The van der Waals surface area contributed by atoms with Crippen LogP contribution in [-0.4, -0.2) is 17.7 Å². The molecule has 0 radical (unpaired) electrons. The number of rotatable bonds is 3. The molecule has 0 spiro atoms. The Morgan fingerprint density at radius 1 is 1.13 bits per heavy atom. The van der Waals surface area contributed by atoms with Crippen LogP contribution in [0.4, 0.5) is 5.69 Å². The van der Waals surface area contributed by atoms with Crippen LogP contribution in [-0.2, 0) is 11.2 Å². The van der Waals surface area contributed by atoms with Gasteiger partial charge in [0.15, 0.2) is 17.1 Å². The van der Waals surface area contributed by atoms with Crippen LogP contribution in [0.15, 0.2) is 45.6 Å². The fourth-order valence-electron chi connectivity index (χ4n) is 2.47. The van der Waals surface area contributed by atoms with Crippen molar-refractivity contribution in [3.63, 3.8) is 0 Å². The van der Waals surface area contributed by atoms with Gasteiger partial charge in [-0.25, -0.2) is 4.79 Å². The Balaban J connectivity index is 1.49. The van der Waals surface area contributed by atoms with Gasteiger partial charge in [-0.2, -0.15) is 0 Å². The molecule has 7 heteroatoms. The molecular formula is C16H12N2O5. The third-order valence-corrected chi connectivity index (χ3v) is 3.50. The van der Waals surface area contributed by atoms with Gasteiger partial charge in [-0.1, -0.05) is 6.07 Å². The number of ether oxygens (including phenoxy) is 2. The van der Waals surface area contributed by atoms with E-state index in [1.165, 1.54) is 0 Å². The van der Waals surface area contributed by atoms with Crippen LogP contribution in [0, 0.1) is 0 Å². The molecule has 0 fully saturated rings. The summed E-state index contributed by atoms with van der Waals surface area (Å²) < 4.78 is 15.4. The quantitative estimate of drug-likeness (QED) is 0.772. The van der Waals surface area contributed by atoms with Crippen LogP contribution in [0.25, 0.3) is 11.1 Å². The fraction of sp³-hybridized carbons (Fsp3) is 0.125. The number of amides is 1. The van der Waals surface area contributed by atoms with Gasteiger partial charge in [0.25, 0.3) is 0 Å². The summed E-state index contributed by atoms with van der Waals surface area (Å²) in [6.07, 6.45) is 0.178. The molecule has 2 heterocycles. The second-order valence-corrected chi connectivity index (χ2v) is 5.14. The summed E-state index contributed by atoms with van der Waals surface area (Å²) in [4.78, 5) is 25.8. The molecule has 1 aliphatic heterocycles. The predicted molar refractivity (Wildman–Crippen MR) is 81.7 cm³/mol. The highest BCUT2D eigenvalue weighted by Crippen LogP contribution is 2.34. The van der Waals surface area contributed by atoms with Crippen molar-refractivity contribution in [2.24, 2.45) is 0 Å². The number of nitrogens with one attached hydrogen (secondary N) is 2. The summed E-state index contributed by atoms with van der Waals surface area (Å²) in [6.45, 7) is 0.190. The van der Waals surface area contributed by atoms with Gasteiger partial charge in [-0.05, 0) is 29.8 Å². The zero-order chi connectivity index (χ0) is 15.8. The molecule has 1 aromatic heterocycles. The molecule has 0 bridgehead atoms. The number of aromatic nitrogens is 1. The highest BCUT2D eigenvalue weighted by atomic mass is 16.7. The van der Waals surface area contributed by atoms with E-state index in [0.29, 0.717) is 28.3 Å². The number of oxazole rings is 1. The lowest BCUT2D eigenvalue weighted by molar-refractivity contribution is -0.115. The average Bonchev–Trinajstić information content (AvgIpc) is 3.11. The van der Waals surface area contributed by atoms with Crippen molar-refractivity contribution >= 4 is 22.7 Å². The van der Waals surface area contributed by atoms with Crippen LogP contribution in [0.3, 0.4) is 0 Å². The van der Waals surface area contributed by atoms with Gasteiger partial charge in [0.05, 0.1) is 11.9 Å². The lowest BCUT2D eigenvalue weighted by atomic mass is 10.1. The summed E-state index contributed by atoms with van der Waals surface area (Å²) in [5, 5.41) is 2.80. The number of fused-ring (bicyclic) bond motifs is 2. The molecule has 7 nitrogen and oxygen atoms in total. The number of benzene rings is 2. The molecule has 4 rings (SSSR count). The minimum Gasteiger partial charge on any atom is -0.454 e. The Kier molecular flexibility index (Phi) is 3.04. The van der Waals surface area contributed by atoms with Crippen molar-refractivity contribution in [3.8, 4) is 11.5 Å². The van der Waals surface area contributed by atoms with Gasteiger partial charge in [-0.3, -0.25) is 9.78 Å². The van der Waals surface area contributed by atoms with Gasteiger partial charge in [0.1, 0.15) is 0 Å². The normalized spacial score (nSPS) is 12.5. The largest absolute Gasteiger partial charge is 0.454 e. The molecule has 0 atom stereocenters. The monoisotopic (exact) mass is 312 g/mol. The minimum atomic E-state index is -0.512. The zero-order valence-corrected chi connectivity index (χ0v) is 11.9. The first-order chi connectivity index (χ1) is 11.2. The van der Waals surface area contributed by atoms with E-state index in [1.807, 2.05) is 0 Å². The Bertz CT molecular complexity index is 957. The van der Waals surface area contributed by atoms with Gasteiger partial charge in [0.2, 0.25) is 12.7 Å². The Morgan fingerprint density at radius 2 is 2.00 bits per heavy atom. The van der Waals surface area contributed by atoms with Crippen molar-refractivity contribution in [1.29, 1.82) is 0 Å². The Labute approximate surface area is 129 Å². The molecule has 1 aliphatic rings. The standard InChI is InChI=1S/C16H12N2O5/c19-15(17-10-2-4-13-14(7-10)22-8-21-13)6-9-1-3-12-11(5-9)18-16(20)23-12/h1-5,7H,6,8H2,(H,17,19)(H,18,20). The van der Waals surface area contributed by atoms with E-state index in [4.69, 9.17) is 13.9 Å². The first-order valence-corrected chi connectivity index (χ1v) is 6.99. The smallest absolute Gasteiger partial charge is 0.417 e. The zero-order valence-electron chi connectivity index (χ0n) is 11.9. The van der Waals surface area contributed by atoms with Crippen molar-refractivity contribution in [2.75, 3.05) is 12.1 Å². The third kappa shape index (κ3) is 2.64. The summed E-state index contributed by atoms with van der Waals surface area (Å²) in [5.41, 5.74) is 2.45. The van der Waals surface area contributed by atoms with E-state index >= 15 is 0 Å². The lowest BCUT2D eigenvalue weighted by Crippen LogP contribution is -2.14. The number of aromatic amines is 1. The summed E-state index contributed by atoms with van der Waals surface area (Å²) in [5.74, 6) is 0.591. The molecule has 116 valence electrons. The van der Waals surface area contributed by atoms with E-state index in [2.05, 4.69) is 10.3 Å². The Morgan fingerprint density at radius 3 is 2.91 bits per heavy atom. The highest BCUT2D eigenvalue weighted by molar-refractivity contribution is 5.93. The molecule has 0 aliphatic carbocycles. The highest BCUT2D eigenvalue weighted by Gasteiger charge is 2.14. The molecule has 3 aromatic rings. The number of anilines is 1. The fourth-order valence-corrected chi connectivity index (χ4v) is 2.47. The van der Waals surface area contributed by atoms with Crippen molar-refractivity contribution < 1.29 is 18.7 Å². The second kappa shape index (κ2) is 5.20. The lowest BCUT2D eigenvalue weighted by Gasteiger charge is -2.06. The average molecular weight is 312 g/mol. The van der Waals surface area contributed by atoms with E-state index in [0.717, 1.165) is 5.56 Å². The van der Waals surface area contributed by atoms with Crippen LogP contribution in [0.5, 0.6) is 11.5 Å². The predicted octanol–water partition coefficient (Wildman–Crippen LogP) is 2.03. The van der Waals surface area contributed by atoms with Crippen LogP contribution in [0.1, 0.15) is 5.56 Å². The van der Waals surface area contributed by atoms with Crippen LogP contribution in [0.2, 0.25) is 0 Å². The number of H-pyrrole nitrogens is 1. The molecular weight excluding hydrogens is 300 g/mol. The number of hydrogen-bond acceptors (Lipinski definition) is 5. The number of hydrogen-bond donors (Lipinski definition) is 2. The van der Waals surface area contributed by atoms with Crippen LogP contribution < -0.4 is 20.5 Å². The van der Waals surface area contributed by atoms with Crippen molar-refractivity contribution in [2.45, 2.75) is 6.42 Å². The van der Waals surface area contributed by atoms with Crippen LogP contribution >= 0.6 is 0 Å². The maximum atomic E-state index is 12.1. The topological polar surface area (TPSA) is 93.6 Å². The molecule has 0 saturated heterocycles. The van der Waals surface area contributed by atoms with Gasteiger partial charge >= 0.3 is 5.76 Å². The van der Waals surface area contributed by atoms with Gasteiger partial charge < -0.3 is 19.2 Å². The molecule has 0 saturated carbocycles. The summed E-state index contributed by atoms with van der Waals surface area (Å²) in [6, 6.07) is 10.4. The molecule has 1 amide bonds. The molecule has 2 N–H and O–H groups in total. The first-order valence-electron chi connectivity index (χ1n) is 6.99. The van der Waals surface area contributed by atoms with E-state index in [1.54, 1.807) is 36.4 Å². The molecule has 0 unspecified atom stereocenters. The van der Waals surface area contributed by atoms with Gasteiger partial charge in [-0.15, -0.1) is 0 Å². The Hall–Kier alpha value is -3.22. The SMILES string of the molecule is O=C(Cc1ccc2oc(=O)[nH]c2c1)Nc1ccc2c(c1)OCO2. The third-order valence-electron chi connectivity index (χ3n) is 3.50. The van der Waals surface area contributed by atoms with Crippen molar-refractivity contribution in [3.05, 3.63) is 52.5 Å². The number of carbonyl (C=O) groups excluding carboxylic acids is 1. The maximum absolute atomic E-state index is 12.1.